The number of carbonyl (C=O) groups excluding carboxylic acids is 1. The lowest BCUT2D eigenvalue weighted by atomic mass is 10.1. The summed E-state index contributed by atoms with van der Waals surface area (Å²) in [5, 5.41) is 1.34. The molecule has 0 amide bonds. The zero-order chi connectivity index (χ0) is 19.3. The molecule has 0 aliphatic heterocycles. The van der Waals surface area contributed by atoms with E-state index in [1.807, 2.05) is 0 Å². The molecule has 1 heterocycles. The highest BCUT2D eigenvalue weighted by Crippen LogP contribution is 2.16. The summed E-state index contributed by atoms with van der Waals surface area (Å²) >= 11 is 3.40. The minimum Gasteiger partial charge on any atom is -0.464 e. The molecule has 2 rings (SSSR count). The number of fused-ring (bicyclic) bond motifs is 1. The van der Waals surface area contributed by atoms with E-state index in [0.717, 1.165) is 29.2 Å². The fourth-order valence-electron chi connectivity index (χ4n) is 2.97. The van der Waals surface area contributed by atoms with Crippen molar-refractivity contribution < 1.29 is 9.53 Å². The third-order valence-corrected chi connectivity index (χ3v) is 4.96. The average molecular weight is 425 g/mol. The number of aryl methyl sites for hydroxylation is 1. The van der Waals surface area contributed by atoms with Crippen molar-refractivity contribution in [3.63, 3.8) is 0 Å². The van der Waals surface area contributed by atoms with Crippen LogP contribution in [0.3, 0.4) is 0 Å². The Kier molecular flexibility index (Phi) is 6.81. The highest BCUT2D eigenvalue weighted by molar-refractivity contribution is 9.09. The summed E-state index contributed by atoms with van der Waals surface area (Å²) in [5.41, 5.74) is -1.74. The summed E-state index contributed by atoms with van der Waals surface area (Å²) in [6.07, 6.45) is 2.79. The van der Waals surface area contributed by atoms with E-state index < -0.39 is 22.8 Å². The Morgan fingerprint density at radius 2 is 1.85 bits per heavy atom. The first-order valence-corrected chi connectivity index (χ1v) is 9.96. The molecule has 142 valence electrons. The molecule has 6 nitrogen and oxygen atoms in total. The number of benzene rings is 1. The number of ether oxygens (including phenoxy) is 1. The number of hydrogen-bond donors (Lipinski definition) is 0. The van der Waals surface area contributed by atoms with Gasteiger partial charge >= 0.3 is 11.7 Å². The largest absolute Gasteiger partial charge is 0.464 e. The van der Waals surface area contributed by atoms with Crippen LogP contribution < -0.4 is 11.2 Å². The van der Waals surface area contributed by atoms with E-state index in [1.54, 1.807) is 35.8 Å². The van der Waals surface area contributed by atoms with E-state index in [-0.39, 0.29) is 6.61 Å². The lowest BCUT2D eigenvalue weighted by Crippen LogP contribution is -2.53. The standard InChI is InChI=1S/C19H25BrN2O4/c1-4-26-17(24)19(2,3)22-16(23)14-10-6-7-11-15(14)21(18(22)25)13-9-5-8-12-20/h6-7,10-11H,4-5,8-9,12-13H2,1-3H3. The van der Waals surface area contributed by atoms with E-state index in [1.165, 1.54) is 13.8 Å². The van der Waals surface area contributed by atoms with Crippen molar-refractivity contribution in [2.24, 2.45) is 0 Å². The van der Waals surface area contributed by atoms with Crippen LogP contribution in [0.15, 0.2) is 33.9 Å². The van der Waals surface area contributed by atoms with Crippen LogP contribution in [0, 0.1) is 0 Å². The Morgan fingerprint density at radius 1 is 1.15 bits per heavy atom. The quantitative estimate of drug-likeness (QED) is 0.370. The van der Waals surface area contributed by atoms with Crippen LogP contribution in [0.4, 0.5) is 0 Å². The number of para-hydroxylation sites is 1. The van der Waals surface area contributed by atoms with Crippen LogP contribution in [0.2, 0.25) is 0 Å². The molecule has 1 aromatic carbocycles. The van der Waals surface area contributed by atoms with Gasteiger partial charge in [-0.3, -0.25) is 9.36 Å². The van der Waals surface area contributed by atoms with Crippen LogP contribution in [-0.2, 0) is 21.6 Å². The van der Waals surface area contributed by atoms with Crippen LogP contribution >= 0.6 is 15.9 Å². The number of carbonyl (C=O) groups is 1. The summed E-state index contributed by atoms with van der Waals surface area (Å²) in [5.74, 6) is -0.597. The molecule has 0 radical (unpaired) electrons. The number of rotatable bonds is 8. The highest BCUT2D eigenvalue weighted by Gasteiger charge is 2.35. The van der Waals surface area contributed by atoms with Gasteiger partial charge in [0.15, 0.2) is 0 Å². The van der Waals surface area contributed by atoms with Gasteiger partial charge in [-0.05, 0) is 45.7 Å². The predicted molar refractivity (Wildman–Crippen MR) is 106 cm³/mol. The molecule has 0 N–H and O–H groups in total. The first-order chi connectivity index (χ1) is 12.4. The average Bonchev–Trinajstić information content (AvgIpc) is 2.61. The number of halogens is 1. The smallest absolute Gasteiger partial charge is 0.332 e. The summed E-state index contributed by atoms with van der Waals surface area (Å²) < 4.78 is 7.70. The molecular formula is C19H25BrN2O4. The lowest BCUT2D eigenvalue weighted by Gasteiger charge is -2.26. The molecule has 1 aromatic heterocycles. The minimum atomic E-state index is -1.38. The molecule has 0 fully saturated rings. The zero-order valence-electron chi connectivity index (χ0n) is 15.5. The van der Waals surface area contributed by atoms with Gasteiger partial charge in [0.25, 0.3) is 5.56 Å². The molecule has 0 atom stereocenters. The molecular weight excluding hydrogens is 400 g/mol. The fraction of sp³-hybridized carbons (Fsp3) is 0.526. The molecule has 0 saturated carbocycles. The van der Waals surface area contributed by atoms with Gasteiger partial charge < -0.3 is 4.74 Å². The minimum absolute atomic E-state index is 0.186. The summed E-state index contributed by atoms with van der Waals surface area (Å²) in [4.78, 5) is 38.5. The van der Waals surface area contributed by atoms with Gasteiger partial charge in [0, 0.05) is 11.9 Å². The number of aromatic nitrogens is 2. The third kappa shape index (κ3) is 3.92. The Balaban J connectivity index is 2.66. The van der Waals surface area contributed by atoms with Gasteiger partial charge in [-0.2, -0.15) is 0 Å². The maximum absolute atomic E-state index is 13.1. The van der Waals surface area contributed by atoms with Crippen molar-refractivity contribution in [2.45, 2.75) is 52.1 Å². The van der Waals surface area contributed by atoms with Gasteiger partial charge in [0.05, 0.1) is 17.5 Å². The summed E-state index contributed by atoms with van der Waals surface area (Å²) in [7, 11) is 0. The molecule has 0 bridgehead atoms. The SMILES string of the molecule is CCOC(=O)C(C)(C)n1c(=O)c2ccccc2n(CCCCCBr)c1=O. The van der Waals surface area contributed by atoms with Gasteiger partial charge in [0.1, 0.15) is 5.54 Å². The number of hydrogen-bond acceptors (Lipinski definition) is 4. The first kappa shape index (κ1) is 20.4. The van der Waals surface area contributed by atoms with Crippen molar-refractivity contribution in [3.8, 4) is 0 Å². The topological polar surface area (TPSA) is 70.3 Å². The van der Waals surface area contributed by atoms with E-state index in [2.05, 4.69) is 15.9 Å². The van der Waals surface area contributed by atoms with Crippen LogP contribution in [0.1, 0.15) is 40.0 Å². The third-order valence-electron chi connectivity index (χ3n) is 4.40. The second-order valence-corrected chi connectivity index (χ2v) is 7.41. The molecule has 0 unspecified atom stereocenters. The summed E-state index contributed by atoms with van der Waals surface area (Å²) in [6, 6.07) is 7.01. The number of nitrogens with zero attached hydrogens (tertiary/aromatic N) is 2. The van der Waals surface area contributed by atoms with E-state index in [0.29, 0.717) is 17.4 Å². The molecule has 2 aromatic rings. The van der Waals surface area contributed by atoms with E-state index in [4.69, 9.17) is 4.74 Å². The van der Waals surface area contributed by atoms with Crippen molar-refractivity contribution in [1.82, 2.24) is 9.13 Å². The fourth-order valence-corrected chi connectivity index (χ4v) is 3.37. The maximum Gasteiger partial charge on any atom is 0.332 e. The van der Waals surface area contributed by atoms with E-state index in [9.17, 15) is 14.4 Å². The Morgan fingerprint density at radius 3 is 2.50 bits per heavy atom. The first-order valence-electron chi connectivity index (χ1n) is 8.84. The van der Waals surface area contributed by atoms with Gasteiger partial charge in [0.2, 0.25) is 0 Å². The maximum atomic E-state index is 13.1. The summed E-state index contributed by atoms with van der Waals surface area (Å²) in [6.45, 7) is 5.45. The van der Waals surface area contributed by atoms with E-state index >= 15 is 0 Å². The Bertz CT molecular complexity index is 899. The highest BCUT2D eigenvalue weighted by atomic mass is 79.9. The van der Waals surface area contributed by atoms with Crippen LogP contribution in [-0.4, -0.2) is 27.0 Å². The molecule has 0 saturated heterocycles. The number of esters is 1. The Labute approximate surface area is 160 Å². The van der Waals surface area contributed by atoms with Gasteiger partial charge in [-0.1, -0.05) is 34.5 Å². The van der Waals surface area contributed by atoms with Gasteiger partial charge in [-0.25, -0.2) is 14.2 Å². The van der Waals surface area contributed by atoms with Crippen molar-refractivity contribution in [3.05, 3.63) is 45.1 Å². The second kappa shape index (κ2) is 8.66. The molecule has 0 spiro atoms. The van der Waals surface area contributed by atoms with Crippen molar-refractivity contribution in [2.75, 3.05) is 11.9 Å². The van der Waals surface area contributed by atoms with Crippen LogP contribution in [0.25, 0.3) is 10.9 Å². The monoisotopic (exact) mass is 424 g/mol. The molecule has 0 aliphatic carbocycles. The second-order valence-electron chi connectivity index (χ2n) is 6.62. The number of unbranched alkanes of at least 4 members (excludes halogenated alkanes) is 2. The number of alkyl halides is 1. The van der Waals surface area contributed by atoms with Gasteiger partial charge in [-0.15, -0.1) is 0 Å². The zero-order valence-corrected chi connectivity index (χ0v) is 17.0. The van der Waals surface area contributed by atoms with Crippen molar-refractivity contribution in [1.29, 1.82) is 0 Å². The molecule has 7 heteroatoms. The van der Waals surface area contributed by atoms with Crippen LogP contribution in [0.5, 0.6) is 0 Å². The molecule has 26 heavy (non-hydrogen) atoms. The van der Waals surface area contributed by atoms with Crippen molar-refractivity contribution >= 4 is 32.8 Å². The Hall–Kier alpha value is -1.89. The lowest BCUT2D eigenvalue weighted by molar-refractivity contribution is -0.152. The predicted octanol–water partition coefficient (Wildman–Crippen LogP) is 3.03. The normalized spacial score (nSPS) is 11.7. The molecule has 0 aliphatic rings.